The first-order valence-electron chi connectivity index (χ1n) is 36.5. The summed E-state index contributed by atoms with van der Waals surface area (Å²) in [5.74, 6) is -5.15. The molecule has 0 heterocycles. The lowest BCUT2D eigenvalue weighted by molar-refractivity contribution is 0.0683. The Morgan fingerprint density at radius 1 is 0.252 bits per heavy atom. The van der Waals surface area contributed by atoms with Gasteiger partial charge in [-0.25, -0.2) is 19.2 Å². The van der Waals surface area contributed by atoms with Crippen molar-refractivity contribution < 1.29 is 91.6 Å². The molecule has 4 amide bonds. The van der Waals surface area contributed by atoms with Gasteiger partial charge in [-0.05, 0) is 134 Å². The van der Waals surface area contributed by atoms with Gasteiger partial charge in [-0.1, -0.05) is 181 Å². The van der Waals surface area contributed by atoms with Gasteiger partial charge in [0.05, 0.1) is 62.2 Å². The summed E-state index contributed by atoms with van der Waals surface area (Å²) < 4.78 is 62.1. The van der Waals surface area contributed by atoms with Gasteiger partial charge in [0.25, 0.3) is 23.6 Å². The van der Waals surface area contributed by atoms with E-state index in [1.54, 1.807) is 231 Å². The Bertz CT molecular complexity index is 6240. The minimum atomic E-state index is -3.62. The molecule has 0 saturated heterocycles. The number of hydrogen-bond acceptors (Lipinski definition) is 15. The number of nitrogens with one attached hydrogen (secondary N) is 4. The smallest absolute Gasteiger partial charge is 0.336 e. The lowest BCUT2D eigenvalue weighted by Crippen LogP contribution is -2.26. The second-order valence-corrected chi connectivity index (χ2v) is 31.9. The summed E-state index contributed by atoms with van der Waals surface area (Å²) in [6.07, 6.45) is 0. The molecule has 0 saturated carbocycles. The molecule has 0 aromatic heterocycles. The summed E-state index contributed by atoms with van der Waals surface area (Å²) in [5, 5.41) is 52.5. The van der Waals surface area contributed by atoms with Crippen LogP contribution in [-0.4, -0.2) is 75.0 Å². The molecule has 0 radical (unpaired) electrons. The Balaban J connectivity index is 0.000000206. The van der Waals surface area contributed by atoms with Crippen LogP contribution < -0.4 is 76.8 Å². The Morgan fingerprint density at radius 3 is 0.849 bits per heavy atom. The number of carbonyl (C=O) groups is 8. The van der Waals surface area contributed by atoms with Crippen molar-refractivity contribution in [3.05, 3.63) is 390 Å². The maximum absolute atomic E-state index is 15.6. The van der Waals surface area contributed by atoms with E-state index < -0.39 is 61.8 Å². The molecule has 119 heavy (non-hydrogen) atoms. The number of hydrogen-bond donors (Lipinski definition) is 8. The van der Waals surface area contributed by atoms with Crippen LogP contribution in [0.5, 0.6) is 51.7 Å². The van der Waals surface area contributed by atoms with Crippen LogP contribution in [0.15, 0.2) is 340 Å². The number of ether oxygens (including phenoxy) is 5. The summed E-state index contributed by atoms with van der Waals surface area (Å²) >= 11 is 0. The van der Waals surface area contributed by atoms with E-state index in [-0.39, 0.29) is 78.9 Å². The third-order valence-electron chi connectivity index (χ3n) is 18.5. The van der Waals surface area contributed by atoms with Crippen LogP contribution in [0.1, 0.15) is 88.4 Å². The lowest BCUT2D eigenvalue weighted by Gasteiger charge is -2.23. The number of rotatable bonds is 27. The summed E-state index contributed by atoms with van der Waals surface area (Å²) in [7, 11) is -5.82. The number of carbonyl (C=O) groups excluding carboxylic acids is 4. The largest absolute Gasteiger partial charge is 0.497 e. The number of aromatic carboxylic acids is 4. The molecular weight excluding hydrogens is 1550 g/mol. The fourth-order valence-corrected chi connectivity index (χ4v) is 18.4. The van der Waals surface area contributed by atoms with Gasteiger partial charge in [-0.3, -0.25) is 19.2 Å². The second kappa shape index (κ2) is 36.6. The van der Waals surface area contributed by atoms with E-state index in [2.05, 4.69) is 21.3 Å². The number of benzene rings is 14. The predicted molar refractivity (Wildman–Crippen MR) is 454 cm³/mol. The van der Waals surface area contributed by atoms with Crippen molar-refractivity contribution >= 4 is 116 Å². The van der Waals surface area contributed by atoms with E-state index >= 15 is 9.13 Å². The maximum Gasteiger partial charge on any atom is 0.336 e. The minimum absolute atomic E-state index is 0.0103. The van der Waals surface area contributed by atoms with Crippen LogP contribution in [0.3, 0.4) is 0 Å². The van der Waals surface area contributed by atoms with Crippen LogP contribution in [-0.2, 0) is 9.13 Å². The molecule has 0 aliphatic heterocycles. The number of amides is 4. The molecule has 0 bridgehead atoms. The SMILES string of the molecule is COc1ccc(C(=O)O)c(C(=O)Nc2cccc(Oc3cc(Oc4cccc(NC(=O)c5ccccc5C(=O)O)c4)ccc3P(=O)(c3ccccc3)c3ccccc3)c2)c1.Cc1ccc(C(=O)O)c(C(=O)Nc2cccc(Oc3ccc(P(=O)(c4ccccc4)c4ccccc4)c(Oc4cccc(NC(=O)c5ccccc5C(=O)O)c4)c3)c2)c1. The summed E-state index contributed by atoms with van der Waals surface area (Å²) in [4.78, 5) is 100. The predicted octanol–water partition coefficient (Wildman–Crippen LogP) is 17.9. The van der Waals surface area contributed by atoms with E-state index in [0.29, 0.717) is 71.9 Å². The van der Waals surface area contributed by atoms with Crippen molar-refractivity contribution in [3.63, 3.8) is 0 Å². The Kier molecular flexibility index (Phi) is 25.0. The molecule has 25 heteroatoms. The van der Waals surface area contributed by atoms with Crippen molar-refractivity contribution in [2.75, 3.05) is 28.4 Å². The molecule has 0 unspecified atom stereocenters. The number of methoxy groups -OCH3 is 1. The molecular formula is C94H70N4O19P2. The Morgan fingerprint density at radius 2 is 0.521 bits per heavy atom. The number of aryl methyl sites for hydroxylation is 1. The van der Waals surface area contributed by atoms with E-state index in [9.17, 15) is 58.8 Å². The van der Waals surface area contributed by atoms with E-state index in [4.69, 9.17) is 23.7 Å². The van der Waals surface area contributed by atoms with Gasteiger partial charge < -0.3 is 74.5 Å². The molecule has 14 aromatic rings. The number of anilines is 4. The van der Waals surface area contributed by atoms with Gasteiger partial charge in [0.2, 0.25) is 0 Å². The molecule has 0 fully saturated rings. The fraction of sp³-hybridized carbons (Fsp3) is 0.0213. The molecule has 590 valence electrons. The highest BCUT2D eigenvalue weighted by Crippen LogP contribution is 2.49. The Labute approximate surface area is 681 Å². The highest BCUT2D eigenvalue weighted by Gasteiger charge is 2.36. The third-order valence-corrected chi connectivity index (χ3v) is 24.7. The first-order valence-corrected chi connectivity index (χ1v) is 39.9. The highest BCUT2D eigenvalue weighted by atomic mass is 31.2. The lowest BCUT2D eigenvalue weighted by atomic mass is 10.0. The summed E-state index contributed by atoms with van der Waals surface area (Å²) in [6, 6.07) is 92.3. The van der Waals surface area contributed by atoms with Crippen LogP contribution in [0.4, 0.5) is 22.7 Å². The minimum Gasteiger partial charge on any atom is -0.497 e. The van der Waals surface area contributed by atoms with Crippen LogP contribution in [0.2, 0.25) is 0 Å². The first kappa shape index (κ1) is 81.3. The van der Waals surface area contributed by atoms with E-state index in [1.807, 2.05) is 48.5 Å². The zero-order valence-electron chi connectivity index (χ0n) is 63.1. The molecule has 0 atom stereocenters. The van der Waals surface area contributed by atoms with Crippen molar-refractivity contribution in [2.24, 2.45) is 0 Å². The highest BCUT2D eigenvalue weighted by molar-refractivity contribution is 7.86. The van der Waals surface area contributed by atoms with Crippen LogP contribution in [0.25, 0.3) is 0 Å². The van der Waals surface area contributed by atoms with Gasteiger partial charge in [0.1, 0.15) is 51.7 Å². The topological polar surface area (TPSA) is 346 Å². The molecule has 0 spiro atoms. The third kappa shape index (κ3) is 19.1. The molecule has 23 nitrogen and oxygen atoms in total. The van der Waals surface area contributed by atoms with Crippen molar-refractivity contribution in [2.45, 2.75) is 6.92 Å². The molecule has 14 rings (SSSR count). The van der Waals surface area contributed by atoms with Crippen LogP contribution in [0, 0.1) is 6.92 Å². The van der Waals surface area contributed by atoms with Crippen molar-refractivity contribution in [1.82, 2.24) is 0 Å². The van der Waals surface area contributed by atoms with Crippen LogP contribution >= 0.6 is 14.3 Å². The van der Waals surface area contributed by atoms with E-state index in [0.717, 1.165) is 5.56 Å². The second-order valence-electron chi connectivity index (χ2n) is 26.4. The van der Waals surface area contributed by atoms with Crippen molar-refractivity contribution in [1.29, 1.82) is 0 Å². The van der Waals surface area contributed by atoms with Gasteiger partial charge in [0.15, 0.2) is 14.3 Å². The standard InChI is InChI=1S/C47H35N2O10P.C47H35N2O9P/c1-57-32-22-24-40(47(54)55)41(28-32)45(51)49-31-13-11-15-34(27-31)59-42-29-35(23-25-43(42)60(56,36-16-4-2-5-17-36)37-18-6-3-7-19-37)58-33-14-10-12-30(26-33)48-44(50)38-20-8-9-21-39(38)46(52)53;1-30-22-24-40(47(54)55)41(26-30)45(51)49-31-12-10-14-33(27-31)57-35-23-25-43(59(56,36-16-4-2-5-17-36)37-18-6-3-7-19-37)42(29-35)58-34-15-11-13-32(28-34)48-44(50)38-20-8-9-21-39(38)46(52)53/h2-29H,1H3,(H,48,50)(H,49,51)(H,52,53)(H,54,55);2-29H,1H3,(H,48,50)(H,49,51)(H,52,53)(H,54,55). The van der Waals surface area contributed by atoms with Gasteiger partial charge in [-0.15, -0.1) is 0 Å². The van der Waals surface area contributed by atoms with Gasteiger partial charge in [0, 0.05) is 80.4 Å². The first-order chi connectivity index (χ1) is 57.5. The normalized spacial score (nSPS) is 10.9. The monoisotopic (exact) mass is 1620 g/mol. The Hall–Kier alpha value is -15.7. The quantitative estimate of drug-likeness (QED) is 0.0222. The molecule has 14 aromatic carbocycles. The van der Waals surface area contributed by atoms with Gasteiger partial charge >= 0.3 is 23.9 Å². The molecule has 0 aliphatic carbocycles. The van der Waals surface area contributed by atoms with E-state index in [1.165, 1.54) is 73.8 Å². The number of carboxylic acids is 4. The number of carboxylic acid groups (broad SMARTS) is 4. The molecule has 0 aliphatic rings. The zero-order chi connectivity index (χ0) is 83.7. The maximum atomic E-state index is 15.6. The molecule has 8 N–H and O–H groups in total. The summed E-state index contributed by atoms with van der Waals surface area (Å²) in [5.41, 5.74) is 1.24. The van der Waals surface area contributed by atoms with Crippen molar-refractivity contribution in [3.8, 4) is 51.7 Å². The summed E-state index contributed by atoms with van der Waals surface area (Å²) in [6.45, 7) is 1.76. The average molecular weight is 1620 g/mol. The van der Waals surface area contributed by atoms with Gasteiger partial charge in [-0.2, -0.15) is 0 Å². The fourth-order valence-electron chi connectivity index (χ4n) is 12.9. The zero-order valence-corrected chi connectivity index (χ0v) is 64.9. The average Bonchev–Trinajstić information content (AvgIpc) is 0.755.